The SMILES string of the molecule is CC=CCCc1ccc(-c2cc(F)c(F)c(F)c2)c(F)c1. The van der Waals surface area contributed by atoms with Gasteiger partial charge < -0.3 is 0 Å². The molecule has 0 saturated carbocycles. The molecule has 0 amide bonds. The van der Waals surface area contributed by atoms with Gasteiger partial charge in [0.2, 0.25) is 0 Å². The van der Waals surface area contributed by atoms with Crippen molar-refractivity contribution in [1.82, 2.24) is 0 Å². The topological polar surface area (TPSA) is 0 Å². The lowest BCUT2D eigenvalue weighted by Gasteiger charge is -2.07. The summed E-state index contributed by atoms with van der Waals surface area (Å²) in [5, 5.41) is 0. The predicted molar refractivity (Wildman–Crippen MR) is 74.8 cm³/mol. The number of hydrogen-bond acceptors (Lipinski definition) is 0. The van der Waals surface area contributed by atoms with Crippen LogP contribution < -0.4 is 0 Å². The Kier molecular flexibility index (Phi) is 4.78. The van der Waals surface area contributed by atoms with Gasteiger partial charge >= 0.3 is 0 Å². The second kappa shape index (κ2) is 6.57. The summed E-state index contributed by atoms with van der Waals surface area (Å²) in [6.45, 7) is 1.90. The zero-order valence-electron chi connectivity index (χ0n) is 11.5. The van der Waals surface area contributed by atoms with Gasteiger partial charge in [0.1, 0.15) is 5.82 Å². The van der Waals surface area contributed by atoms with E-state index in [2.05, 4.69) is 0 Å². The van der Waals surface area contributed by atoms with E-state index in [-0.39, 0.29) is 11.1 Å². The van der Waals surface area contributed by atoms with E-state index in [1.54, 1.807) is 6.07 Å². The predicted octanol–water partition coefficient (Wildman–Crippen LogP) is 5.42. The van der Waals surface area contributed by atoms with E-state index in [9.17, 15) is 17.6 Å². The lowest BCUT2D eigenvalue weighted by atomic mass is 10.0. The van der Waals surface area contributed by atoms with Gasteiger partial charge in [-0.3, -0.25) is 0 Å². The number of benzene rings is 2. The smallest absolute Gasteiger partial charge is 0.194 e. The Labute approximate surface area is 120 Å². The van der Waals surface area contributed by atoms with Gasteiger partial charge in [0.05, 0.1) is 0 Å². The highest BCUT2D eigenvalue weighted by Crippen LogP contribution is 2.27. The fraction of sp³-hybridized carbons (Fsp3) is 0.176. The normalized spacial score (nSPS) is 11.3. The molecule has 21 heavy (non-hydrogen) atoms. The fourth-order valence-corrected chi connectivity index (χ4v) is 2.08. The zero-order valence-corrected chi connectivity index (χ0v) is 11.5. The van der Waals surface area contributed by atoms with Gasteiger partial charge in [-0.15, -0.1) is 0 Å². The maximum Gasteiger partial charge on any atom is 0.194 e. The molecule has 0 bridgehead atoms. The van der Waals surface area contributed by atoms with Gasteiger partial charge in [-0.05, 0) is 49.1 Å². The van der Waals surface area contributed by atoms with Crippen LogP contribution in [0.3, 0.4) is 0 Å². The van der Waals surface area contributed by atoms with E-state index in [1.807, 2.05) is 19.1 Å². The quantitative estimate of drug-likeness (QED) is 0.401. The molecular weight excluding hydrogens is 280 g/mol. The molecule has 110 valence electrons. The first-order valence-corrected chi connectivity index (χ1v) is 6.57. The summed E-state index contributed by atoms with van der Waals surface area (Å²) in [6.07, 6.45) is 5.34. The molecule has 2 aromatic rings. The second-order valence-corrected chi connectivity index (χ2v) is 4.68. The maximum atomic E-state index is 14.1. The van der Waals surface area contributed by atoms with Crippen molar-refractivity contribution in [2.24, 2.45) is 0 Å². The van der Waals surface area contributed by atoms with Crippen molar-refractivity contribution in [3.63, 3.8) is 0 Å². The van der Waals surface area contributed by atoms with Crippen molar-refractivity contribution >= 4 is 0 Å². The van der Waals surface area contributed by atoms with Crippen molar-refractivity contribution in [2.75, 3.05) is 0 Å². The minimum atomic E-state index is -1.55. The van der Waals surface area contributed by atoms with Crippen LogP contribution in [0.25, 0.3) is 11.1 Å². The highest BCUT2D eigenvalue weighted by atomic mass is 19.2. The lowest BCUT2D eigenvalue weighted by Crippen LogP contribution is -1.94. The molecule has 0 radical (unpaired) electrons. The van der Waals surface area contributed by atoms with Gasteiger partial charge in [0.15, 0.2) is 17.5 Å². The van der Waals surface area contributed by atoms with Gasteiger partial charge in [-0.1, -0.05) is 24.3 Å². The minimum absolute atomic E-state index is 0.0242. The van der Waals surface area contributed by atoms with E-state index in [0.29, 0.717) is 6.42 Å². The third-order valence-electron chi connectivity index (χ3n) is 3.16. The van der Waals surface area contributed by atoms with E-state index in [1.165, 1.54) is 12.1 Å². The third-order valence-corrected chi connectivity index (χ3v) is 3.16. The highest BCUT2D eigenvalue weighted by Gasteiger charge is 2.14. The number of halogens is 4. The summed E-state index contributed by atoms with van der Waals surface area (Å²) in [5.74, 6) is -4.80. The summed E-state index contributed by atoms with van der Waals surface area (Å²) in [4.78, 5) is 0. The Morgan fingerprint density at radius 3 is 2.14 bits per heavy atom. The van der Waals surface area contributed by atoms with Gasteiger partial charge in [0, 0.05) is 5.56 Å². The maximum absolute atomic E-state index is 14.1. The van der Waals surface area contributed by atoms with Gasteiger partial charge in [-0.25, -0.2) is 17.6 Å². The second-order valence-electron chi connectivity index (χ2n) is 4.68. The van der Waals surface area contributed by atoms with Crippen molar-refractivity contribution < 1.29 is 17.6 Å². The number of aryl methyl sites for hydroxylation is 1. The summed E-state index contributed by atoms with van der Waals surface area (Å²) in [6, 6.07) is 6.05. The molecule has 0 aliphatic heterocycles. The van der Waals surface area contributed by atoms with Crippen LogP contribution in [0.4, 0.5) is 17.6 Å². The third kappa shape index (κ3) is 3.51. The van der Waals surface area contributed by atoms with Crippen molar-refractivity contribution in [3.05, 3.63) is 71.3 Å². The van der Waals surface area contributed by atoms with Crippen molar-refractivity contribution in [3.8, 4) is 11.1 Å². The molecular formula is C17H14F4. The van der Waals surface area contributed by atoms with E-state index in [4.69, 9.17) is 0 Å². The first kappa shape index (κ1) is 15.3. The van der Waals surface area contributed by atoms with Crippen LogP contribution in [0.15, 0.2) is 42.5 Å². The Bertz CT molecular complexity index is 651. The fourth-order valence-electron chi connectivity index (χ4n) is 2.08. The monoisotopic (exact) mass is 294 g/mol. The lowest BCUT2D eigenvalue weighted by molar-refractivity contribution is 0.447. The van der Waals surface area contributed by atoms with Gasteiger partial charge in [-0.2, -0.15) is 0 Å². The average Bonchev–Trinajstić information content (AvgIpc) is 2.45. The molecule has 0 saturated heterocycles. The Morgan fingerprint density at radius 1 is 0.905 bits per heavy atom. The number of hydrogen-bond donors (Lipinski definition) is 0. The molecule has 0 nitrogen and oxygen atoms in total. The molecule has 2 rings (SSSR count). The van der Waals surface area contributed by atoms with Crippen LogP contribution in [0.1, 0.15) is 18.9 Å². The van der Waals surface area contributed by atoms with E-state index < -0.39 is 23.3 Å². The molecule has 2 aromatic carbocycles. The molecule has 0 heterocycles. The Hall–Kier alpha value is -2.10. The molecule has 0 atom stereocenters. The summed E-state index contributed by atoms with van der Waals surface area (Å²) >= 11 is 0. The van der Waals surface area contributed by atoms with E-state index >= 15 is 0 Å². The van der Waals surface area contributed by atoms with Crippen LogP contribution in [0, 0.1) is 23.3 Å². The summed E-state index contributed by atoms with van der Waals surface area (Å²) < 4.78 is 53.4. The average molecular weight is 294 g/mol. The van der Waals surface area contributed by atoms with Crippen LogP contribution >= 0.6 is 0 Å². The molecule has 0 N–H and O–H groups in total. The molecule has 4 heteroatoms. The highest BCUT2D eigenvalue weighted by molar-refractivity contribution is 5.64. The van der Waals surface area contributed by atoms with Crippen LogP contribution in [-0.4, -0.2) is 0 Å². The Balaban J connectivity index is 2.33. The van der Waals surface area contributed by atoms with E-state index in [0.717, 1.165) is 24.1 Å². The molecule has 0 aliphatic carbocycles. The van der Waals surface area contributed by atoms with Gasteiger partial charge in [0.25, 0.3) is 0 Å². The molecule has 0 aliphatic rings. The largest absolute Gasteiger partial charge is 0.206 e. The first-order valence-electron chi connectivity index (χ1n) is 6.57. The van der Waals surface area contributed by atoms with Crippen LogP contribution in [0.2, 0.25) is 0 Å². The molecule has 0 unspecified atom stereocenters. The van der Waals surface area contributed by atoms with Crippen molar-refractivity contribution in [1.29, 1.82) is 0 Å². The first-order chi connectivity index (χ1) is 10.0. The molecule has 0 aromatic heterocycles. The summed E-state index contributed by atoms with van der Waals surface area (Å²) in [7, 11) is 0. The minimum Gasteiger partial charge on any atom is -0.206 e. The van der Waals surface area contributed by atoms with Crippen LogP contribution in [-0.2, 0) is 6.42 Å². The Morgan fingerprint density at radius 2 is 1.57 bits per heavy atom. The number of rotatable bonds is 4. The van der Waals surface area contributed by atoms with Crippen LogP contribution in [0.5, 0.6) is 0 Å². The summed E-state index contributed by atoms with van der Waals surface area (Å²) in [5.41, 5.74) is 0.809. The number of allylic oxidation sites excluding steroid dienone is 2. The zero-order chi connectivity index (χ0) is 15.4. The molecule has 0 fully saturated rings. The molecule has 0 spiro atoms. The standard InChI is InChI=1S/C17H14F4/c1-2-3-4-5-11-6-7-13(14(18)8-11)12-9-15(19)17(21)16(20)10-12/h2-3,6-10H,4-5H2,1H3. The van der Waals surface area contributed by atoms with Crippen molar-refractivity contribution in [2.45, 2.75) is 19.8 Å².